The van der Waals surface area contributed by atoms with Crippen LogP contribution in [0.3, 0.4) is 0 Å². The second-order valence-electron chi connectivity index (χ2n) is 3.54. The summed E-state index contributed by atoms with van der Waals surface area (Å²) in [6.07, 6.45) is 3.67. The third kappa shape index (κ3) is 1.90. The van der Waals surface area contributed by atoms with Crippen LogP contribution in [0.15, 0.2) is 0 Å². The van der Waals surface area contributed by atoms with Gasteiger partial charge in [0.05, 0.1) is 11.8 Å². The molecule has 0 saturated heterocycles. The van der Waals surface area contributed by atoms with Gasteiger partial charge in [-0.25, -0.2) is 0 Å². The minimum Gasteiger partial charge on any atom is -0.316 e. The maximum atomic E-state index is 5.84. The van der Waals surface area contributed by atoms with Crippen molar-refractivity contribution < 1.29 is 0 Å². The summed E-state index contributed by atoms with van der Waals surface area (Å²) in [5, 5.41) is 0. The van der Waals surface area contributed by atoms with Crippen molar-refractivity contribution in [1.82, 2.24) is 0 Å². The summed E-state index contributed by atoms with van der Waals surface area (Å²) in [7, 11) is 0. The third-order valence-electron chi connectivity index (χ3n) is 2.53. The maximum absolute atomic E-state index is 5.84. The van der Waals surface area contributed by atoms with Gasteiger partial charge in [0.2, 0.25) is 0 Å². The molecule has 1 aliphatic rings. The van der Waals surface area contributed by atoms with Gasteiger partial charge in [0.1, 0.15) is 0 Å². The highest BCUT2D eigenvalue weighted by molar-refractivity contribution is 4.92. The molecule has 1 fully saturated rings. The summed E-state index contributed by atoms with van der Waals surface area (Å²) in [6.45, 7) is 0. The summed E-state index contributed by atoms with van der Waals surface area (Å²) < 4.78 is 0. The molecule has 4 nitrogen and oxygen atoms in total. The number of hydrogen-bond donors (Lipinski definition) is 4. The van der Waals surface area contributed by atoms with Crippen LogP contribution in [0.2, 0.25) is 0 Å². The molecule has 0 aliphatic heterocycles. The smallest absolute Gasteiger partial charge is 0.0693 e. The fraction of sp³-hybridized carbons (Fsp3) is 1.00. The monoisotopic (exact) mass is 158 g/mol. The second-order valence-corrected chi connectivity index (χ2v) is 3.54. The topological polar surface area (TPSA) is 104 Å². The Morgan fingerprint density at radius 1 is 1.18 bits per heavy atom. The first-order valence-electron chi connectivity index (χ1n) is 4.13. The zero-order chi connectivity index (χ0) is 8.48. The van der Waals surface area contributed by atoms with E-state index in [4.69, 9.17) is 22.9 Å². The Morgan fingerprint density at radius 3 is 2.18 bits per heavy atom. The molecule has 1 aliphatic carbocycles. The number of rotatable bonds is 1. The molecule has 8 N–H and O–H groups in total. The highest BCUT2D eigenvalue weighted by atomic mass is 15.0. The van der Waals surface area contributed by atoms with E-state index in [1.807, 2.05) is 0 Å². The molecule has 0 bridgehead atoms. The second kappa shape index (κ2) is 3.06. The van der Waals surface area contributed by atoms with Crippen molar-refractivity contribution in [2.45, 2.75) is 37.5 Å². The van der Waals surface area contributed by atoms with Crippen LogP contribution in [-0.2, 0) is 0 Å². The first-order chi connectivity index (χ1) is 5.04. The zero-order valence-corrected chi connectivity index (χ0v) is 6.79. The van der Waals surface area contributed by atoms with E-state index >= 15 is 0 Å². The van der Waals surface area contributed by atoms with Gasteiger partial charge in [-0.15, -0.1) is 0 Å². The molecule has 0 aromatic rings. The molecule has 0 radical (unpaired) electrons. The molecule has 4 heteroatoms. The van der Waals surface area contributed by atoms with Crippen molar-refractivity contribution in [2.24, 2.45) is 28.9 Å². The molecule has 11 heavy (non-hydrogen) atoms. The van der Waals surface area contributed by atoms with E-state index in [1.165, 1.54) is 0 Å². The molecular formula is C7H18N4. The van der Waals surface area contributed by atoms with E-state index < -0.39 is 5.66 Å². The van der Waals surface area contributed by atoms with Gasteiger partial charge >= 0.3 is 0 Å². The lowest BCUT2D eigenvalue weighted by atomic mass is 9.78. The van der Waals surface area contributed by atoms with E-state index in [0.29, 0.717) is 0 Å². The van der Waals surface area contributed by atoms with Gasteiger partial charge in [0, 0.05) is 5.92 Å². The van der Waals surface area contributed by atoms with E-state index in [2.05, 4.69) is 0 Å². The van der Waals surface area contributed by atoms with Crippen LogP contribution in [0.5, 0.6) is 0 Å². The van der Waals surface area contributed by atoms with Gasteiger partial charge < -0.3 is 22.9 Å². The SMILES string of the molecule is NC(N)[C@H]1CCCCC1(N)N. The van der Waals surface area contributed by atoms with Gasteiger partial charge in [0.25, 0.3) is 0 Å². The molecule has 0 heterocycles. The lowest BCUT2D eigenvalue weighted by molar-refractivity contribution is 0.167. The van der Waals surface area contributed by atoms with Crippen LogP contribution in [-0.4, -0.2) is 11.8 Å². The lowest BCUT2D eigenvalue weighted by Crippen LogP contribution is -2.63. The van der Waals surface area contributed by atoms with Gasteiger partial charge in [0.15, 0.2) is 0 Å². The van der Waals surface area contributed by atoms with Crippen LogP contribution in [0.25, 0.3) is 0 Å². The summed E-state index contributed by atoms with van der Waals surface area (Å²) in [5.74, 6) is 0.0799. The van der Waals surface area contributed by atoms with E-state index in [1.54, 1.807) is 0 Å². The highest BCUT2D eigenvalue weighted by Crippen LogP contribution is 2.28. The number of nitrogens with two attached hydrogens (primary N) is 4. The molecular weight excluding hydrogens is 140 g/mol. The Bertz CT molecular complexity index is 132. The standard InChI is InChI=1S/C7H18N4/c8-6(9)5-3-1-2-4-7(5,10)11/h5-6H,1-4,8-11H2/t5-/m1/s1. The number of hydrogen-bond acceptors (Lipinski definition) is 4. The Balaban J connectivity index is 2.60. The minimum absolute atomic E-state index is 0.0799. The molecule has 66 valence electrons. The van der Waals surface area contributed by atoms with Crippen molar-refractivity contribution in [3.63, 3.8) is 0 Å². The fourth-order valence-corrected chi connectivity index (χ4v) is 1.80. The van der Waals surface area contributed by atoms with Crippen molar-refractivity contribution in [1.29, 1.82) is 0 Å². The van der Waals surface area contributed by atoms with Crippen LogP contribution >= 0.6 is 0 Å². The van der Waals surface area contributed by atoms with Crippen LogP contribution in [0.4, 0.5) is 0 Å². The average Bonchev–Trinajstić information content (AvgIpc) is 1.85. The first-order valence-corrected chi connectivity index (χ1v) is 4.13. The van der Waals surface area contributed by atoms with Crippen molar-refractivity contribution >= 4 is 0 Å². The van der Waals surface area contributed by atoms with Crippen LogP contribution < -0.4 is 22.9 Å². The third-order valence-corrected chi connectivity index (χ3v) is 2.53. The van der Waals surface area contributed by atoms with Gasteiger partial charge in [-0.3, -0.25) is 0 Å². The predicted octanol–water partition coefficient (Wildman–Crippen LogP) is -0.966. The summed E-state index contributed by atoms with van der Waals surface area (Å²) in [4.78, 5) is 0. The summed E-state index contributed by atoms with van der Waals surface area (Å²) >= 11 is 0. The lowest BCUT2D eigenvalue weighted by Gasteiger charge is -2.39. The largest absolute Gasteiger partial charge is 0.316 e. The normalized spacial score (nSPS) is 30.8. The zero-order valence-electron chi connectivity index (χ0n) is 6.79. The fourth-order valence-electron chi connectivity index (χ4n) is 1.80. The molecule has 0 amide bonds. The highest BCUT2D eigenvalue weighted by Gasteiger charge is 2.35. The van der Waals surface area contributed by atoms with Crippen LogP contribution in [0, 0.1) is 5.92 Å². The van der Waals surface area contributed by atoms with E-state index in [9.17, 15) is 0 Å². The van der Waals surface area contributed by atoms with Crippen molar-refractivity contribution in [2.75, 3.05) is 0 Å². The van der Waals surface area contributed by atoms with Gasteiger partial charge in [-0.05, 0) is 12.8 Å². The molecule has 0 aromatic carbocycles. The van der Waals surface area contributed by atoms with Crippen LogP contribution in [0.1, 0.15) is 25.7 Å². The Morgan fingerprint density at radius 2 is 1.82 bits per heavy atom. The van der Waals surface area contributed by atoms with E-state index in [0.717, 1.165) is 25.7 Å². The minimum atomic E-state index is -0.633. The van der Waals surface area contributed by atoms with Gasteiger partial charge in [-0.2, -0.15) is 0 Å². The molecule has 1 rings (SSSR count). The maximum Gasteiger partial charge on any atom is 0.0693 e. The Labute approximate surface area is 67.3 Å². The Kier molecular flexibility index (Phi) is 2.49. The summed E-state index contributed by atoms with van der Waals surface area (Å²) in [5.41, 5.74) is 22.2. The molecule has 0 unspecified atom stereocenters. The van der Waals surface area contributed by atoms with Gasteiger partial charge in [-0.1, -0.05) is 12.8 Å². The van der Waals surface area contributed by atoms with Crippen molar-refractivity contribution in [3.8, 4) is 0 Å². The average molecular weight is 158 g/mol. The molecule has 1 atom stereocenters. The quantitative estimate of drug-likeness (QED) is 0.369. The summed E-state index contributed by atoms with van der Waals surface area (Å²) in [6, 6.07) is 0. The Hall–Kier alpha value is -0.160. The molecule has 1 saturated carbocycles. The first kappa shape index (κ1) is 8.93. The molecule has 0 aromatic heterocycles. The molecule has 0 spiro atoms. The van der Waals surface area contributed by atoms with Crippen molar-refractivity contribution in [3.05, 3.63) is 0 Å². The van der Waals surface area contributed by atoms with E-state index in [-0.39, 0.29) is 12.1 Å². The predicted molar refractivity (Wildman–Crippen MR) is 45.2 cm³/mol.